The smallest absolute Gasteiger partial charge is 0.310 e. The van der Waals surface area contributed by atoms with Crippen molar-refractivity contribution in [3.05, 3.63) is 23.8 Å². The number of rotatable bonds is 4. The van der Waals surface area contributed by atoms with Gasteiger partial charge in [-0.1, -0.05) is 6.07 Å². The van der Waals surface area contributed by atoms with E-state index in [0.717, 1.165) is 18.4 Å². The largest absolute Gasteiger partial charge is 0.493 e. The van der Waals surface area contributed by atoms with E-state index < -0.39 is 11.9 Å². The minimum Gasteiger partial charge on any atom is -0.493 e. The van der Waals surface area contributed by atoms with E-state index in [1.54, 1.807) is 7.11 Å². The number of hydrogen-bond donors (Lipinski definition) is 1. The predicted octanol–water partition coefficient (Wildman–Crippen LogP) is 2.64. The van der Waals surface area contributed by atoms with Crippen LogP contribution in [0.3, 0.4) is 0 Å². The van der Waals surface area contributed by atoms with E-state index in [1.807, 2.05) is 25.1 Å². The van der Waals surface area contributed by atoms with Crippen LogP contribution in [0, 0.1) is 12.8 Å². The molecule has 0 heterocycles. The summed E-state index contributed by atoms with van der Waals surface area (Å²) in [5.74, 6) is 0.104. The van der Waals surface area contributed by atoms with Crippen LogP contribution >= 0.6 is 0 Å². The Morgan fingerprint density at radius 3 is 2.78 bits per heavy atom. The number of carboxylic acids is 1. The summed E-state index contributed by atoms with van der Waals surface area (Å²) < 4.78 is 11.1. The van der Waals surface area contributed by atoms with Crippen LogP contribution in [0.5, 0.6) is 11.5 Å². The first-order valence-corrected chi connectivity index (χ1v) is 6.16. The van der Waals surface area contributed by atoms with Crippen LogP contribution in [0.1, 0.15) is 24.8 Å². The molecule has 4 nitrogen and oxygen atoms in total. The van der Waals surface area contributed by atoms with Gasteiger partial charge in [0.1, 0.15) is 6.10 Å². The molecule has 18 heavy (non-hydrogen) atoms. The molecule has 1 aliphatic rings. The minimum atomic E-state index is -0.774. The second-order valence-electron chi connectivity index (χ2n) is 4.69. The van der Waals surface area contributed by atoms with Gasteiger partial charge in [-0.05, 0) is 43.9 Å². The summed E-state index contributed by atoms with van der Waals surface area (Å²) >= 11 is 0. The van der Waals surface area contributed by atoms with Crippen LogP contribution in [0.4, 0.5) is 0 Å². The normalized spacial score (nSPS) is 22.8. The Balaban J connectivity index is 2.16. The number of aryl methyl sites for hydroxylation is 1. The molecule has 0 saturated heterocycles. The van der Waals surface area contributed by atoms with Gasteiger partial charge in [-0.25, -0.2) is 0 Å². The van der Waals surface area contributed by atoms with Crippen molar-refractivity contribution in [3.8, 4) is 11.5 Å². The molecule has 1 aromatic rings. The average Bonchev–Trinajstić information content (AvgIpc) is 2.79. The fourth-order valence-electron chi connectivity index (χ4n) is 2.38. The van der Waals surface area contributed by atoms with E-state index in [0.29, 0.717) is 17.9 Å². The molecule has 2 atom stereocenters. The van der Waals surface area contributed by atoms with Gasteiger partial charge in [0.05, 0.1) is 13.0 Å². The van der Waals surface area contributed by atoms with Crippen molar-refractivity contribution in [2.75, 3.05) is 7.11 Å². The Labute approximate surface area is 107 Å². The van der Waals surface area contributed by atoms with Crippen molar-refractivity contribution in [2.45, 2.75) is 32.3 Å². The highest BCUT2D eigenvalue weighted by molar-refractivity contribution is 5.71. The first-order chi connectivity index (χ1) is 8.61. The summed E-state index contributed by atoms with van der Waals surface area (Å²) in [7, 11) is 1.59. The number of aliphatic carboxylic acids is 1. The van der Waals surface area contributed by atoms with E-state index in [9.17, 15) is 4.79 Å². The topological polar surface area (TPSA) is 55.8 Å². The second-order valence-corrected chi connectivity index (χ2v) is 4.69. The summed E-state index contributed by atoms with van der Waals surface area (Å²) in [6.07, 6.45) is 2.12. The third-order valence-corrected chi connectivity index (χ3v) is 3.37. The first kappa shape index (κ1) is 12.7. The molecule has 0 radical (unpaired) electrons. The van der Waals surface area contributed by atoms with Gasteiger partial charge in [-0.15, -0.1) is 0 Å². The third-order valence-electron chi connectivity index (χ3n) is 3.37. The van der Waals surface area contributed by atoms with Crippen LogP contribution in [0.25, 0.3) is 0 Å². The molecule has 1 fully saturated rings. The summed E-state index contributed by atoms with van der Waals surface area (Å²) in [4.78, 5) is 11.1. The maximum atomic E-state index is 11.1. The summed E-state index contributed by atoms with van der Waals surface area (Å²) in [6.45, 7) is 1.97. The molecule has 98 valence electrons. The molecule has 0 bridgehead atoms. The van der Waals surface area contributed by atoms with E-state index in [1.165, 1.54) is 0 Å². The van der Waals surface area contributed by atoms with Crippen LogP contribution < -0.4 is 9.47 Å². The molecule has 0 aliphatic heterocycles. The van der Waals surface area contributed by atoms with Gasteiger partial charge in [0, 0.05) is 0 Å². The van der Waals surface area contributed by atoms with Crippen molar-refractivity contribution in [3.63, 3.8) is 0 Å². The van der Waals surface area contributed by atoms with Crippen molar-refractivity contribution in [2.24, 2.45) is 5.92 Å². The standard InChI is InChI=1S/C14H18O4/c1-9-6-7-12(13(8-9)17-2)18-11-5-3-4-10(11)14(15)16/h6-8,10-11H,3-5H2,1-2H3,(H,15,16). The third kappa shape index (κ3) is 2.58. The zero-order chi connectivity index (χ0) is 13.1. The van der Waals surface area contributed by atoms with Gasteiger partial charge in [-0.3, -0.25) is 4.79 Å². The number of benzene rings is 1. The Morgan fingerprint density at radius 2 is 2.11 bits per heavy atom. The molecule has 0 spiro atoms. The highest BCUT2D eigenvalue weighted by Crippen LogP contribution is 2.34. The van der Waals surface area contributed by atoms with Gasteiger partial charge < -0.3 is 14.6 Å². The van der Waals surface area contributed by atoms with E-state index >= 15 is 0 Å². The minimum absolute atomic E-state index is 0.251. The Bertz CT molecular complexity index is 441. The molecule has 2 unspecified atom stereocenters. The Hall–Kier alpha value is -1.71. The van der Waals surface area contributed by atoms with E-state index in [4.69, 9.17) is 14.6 Å². The maximum absolute atomic E-state index is 11.1. The van der Waals surface area contributed by atoms with Gasteiger partial charge in [0.15, 0.2) is 11.5 Å². The number of hydrogen-bond acceptors (Lipinski definition) is 3. The van der Waals surface area contributed by atoms with E-state index in [2.05, 4.69) is 0 Å². The first-order valence-electron chi connectivity index (χ1n) is 6.16. The molecule has 0 amide bonds. The monoisotopic (exact) mass is 250 g/mol. The predicted molar refractivity (Wildman–Crippen MR) is 67.1 cm³/mol. The number of ether oxygens (including phenoxy) is 2. The average molecular weight is 250 g/mol. The second kappa shape index (κ2) is 5.29. The van der Waals surface area contributed by atoms with Crippen LogP contribution in [-0.4, -0.2) is 24.3 Å². The Kier molecular flexibility index (Phi) is 3.75. The lowest BCUT2D eigenvalue weighted by Gasteiger charge is -2.20. The molecule has 2 rings (SSSR count). The van der Waals surface area contributed by atoms with Crippen LogP contribution in [0.15, 0.2) is 18.2 Å². The van der Waals surface area contributed by atoms with Crippen molar-refractivity contribution in [1.29, 1.82) is 0 Å². The molecule has 1 aromatic carbocycles. The zero-order valence-electron chi connectivity index (χ0n) is 10.7. The maximum Gasteiger partial charge on any atom is 0.310 e. The van der Waals surface area contributed by atoms with Gasteiger partial charge in [0.25, 0.3) is 0 Å². The lowest BCUT2D eigenvalue weighted by Crippen LogP contribution is -2.28. The molecular formula is C14H18O4. The molecule has 0 aromatic heterocycles. The zero-order valence-corrected chi connectivity index (χ0v) is 10.7. The van der Waals surface area contributed by atoms with Crippen molar-refractivity contribution >= 4 is 5.97 Å². The molecular weight excluding hydrogens is 232 g/mol. The summed E-state index contributed by atoms with van der Waals surface area (Å²) in [5, 5.41) is 9.12. The molecule has 1 saturated carbocycles. The quantitative estimate of drug-likeness (QED) is 0.892. The fraction of sp³-hybridized carbons (Fsp3) is 0.500. The van der Waals surface area contributed by atoms with Gasteiger partial charge in [0.2, 0.25) is 0 Å². The summed E-state index contributed by atoms with van der Waals surface area (Å²) in [6, 6.07) is 5.66. The number of carboxylic acid groups (broad SMARTS) is 1. The van der Waals surface area contributed by atoms with Crippen LogP contribution in [-0.2, 0) is 4.79 Å². The number of methoxy groups -OCH3 is 1. The van der Waals surface area contributed by atoms with Crippen LogP contribution in [0.2, 0.25) is 0 Å². The fourth-order valence-corrected chi connectivity index (χ4v) is 2.38. The molecule has 1 aliphatic carbocycles. The van der Waals surface area contributed by atoms with E-state index in [-0.39, 0.29) is 6.10 Å². The van der Waals surface area contributed by atoms with Gasteiger partial charge >= 0.3 is 5.97 Å². The highest BCUT2D eigenvalue weighted by Gasteiger charge is 2.35. The Morgan fingerprint density at radius 1 is 1.33 bits per heavy atom. The lowest BCUT2D eigenvalue weighted by atomic mass is 10.1. The molecule has 4 heteroatoms. The SMILES string of the molecule is COc1cc(C)ccc1OC1CCCC1C(=O)O. The lowest BCUT2D eigenvalue weighted by molar-refractivity contribution is -0.144. The van der Waals surface area contributed by atoms with Gasteiger partial charge in [-0.2, -0.15) is 0 Å². The summed E-state index contributed by atoms with van der Waals surface area (Å²) in [5.41, 5.74) is 1.08. The van der Waals surface area contributed by atoms with Crippen molar-refractivity contribution < 1.29 is 19.4 Å². The van der Waals surface area contributed by atoms with Crippen molar-refractivity contribution in [1.82, 2.24) is 0 Å². The molecule has 1 N–H and O–H groups in total. The number of carbonyl (C=O) groups is 1. The highest BCUT2D eigenvalue weighted by atomic mass is 16.5.